The Bertz CT molecular complexity index is 528. The number of likely N-dealkylation sites (tertiary alicyclic amines) is 1. The van der Waals surface area contributed by atoms with Gasteiger partial charge in [-0.25, -0.2) is 4.98 Å². The lowest BCUT2D eigenvalue weighted by Crippen LogP contribution is -2.29. The van der Waals surface area contributed by atoms with Crippen molar-refractivity contribution in [1.29, 1.82) is 0 Å². The van der Waals surface area contributed by atoms with Gasteiger partial charge in [-0.05, 0) is 6.42 Å². The second-order valence-corrected chi connectivity index (χ2v) is 4.12. The minimum absolute atomic E-state index is 0.103. The molecule has 18 heavy (non-hydrogen) atoms. The summed E-state index contributed by atoms with van der Waals surface area (Å²) >= 11 is 0. The SMILES string of the molecule is O=C(c1cnccn1)N1CC[C@@H](c2ncon2)C1. The molecule has 1 aliphatic heterocycles. The van der Waals surface area contributed by atoms with E-state index >= 15 is 0 Å². The van der Waals surface area contributed by atoms with Gasteiger partial charge in [-0.3, -0.25) is 9.78 Å². The standard InChI is InChI=1S/C11H11N5O2/c17-11(9-5-12-2-3-13-9)16-4-1-8(6-16)10-14-7-18-15-10/h2-3,5,7-8H,1,4,6H2/t8-/m1/s1. The fourth-order valence-electron chi connectivity index (χ4n) is 2.09. The molecule has 1 aliphatic rings. The molecule has 1 amide bonds. The minimum atomic E-state index is -0.103. The molecule has 1 atom stereocenters. The van der Waals surface area contributed by atoms with Gasteiger partial charge in [-0.2, -0.15) is 4.98 Å². The largest absolute Gasteiger partial charge is 0.343 e. The number of amides is 1. The molecule has 2 aromatic rings. The van der Waals surface area contributed by atoms with Crippen LogP contribution in [-0.2, 0) is 0 Å². The molecule has 2 aromatic heterocycles. The van der Waals surface area contributed by atoms with Crippen molar-refractivity contribution >= 4 is 5.91 Å². The van der Waals surface area contributed by atoms with Gasteiger partial charge >= 0.3 is 0 Å². The van der Waals surface area contributed by atoms with E-state index in [-0.39, 0.29) is 11.8 Å². The van der Waals surface area contributed by atoms with Crippen molar-refractivity contribution in [3.63, 3.8) is 0 Å². The van der Waals surface area contributed by atoms with Crippen molar-refractivity contribution in [3.8, 4) is 0 Å². The maximum absolute atomic E-state index is 12.1. The number of carbonyl (C=O) groups excluding carboxylic acids is 1. The van der Waals surface area contributed by atoms with Crippen LogP contribution in [0.2, 0.25) is 0 Å². The average Bonchev–Trinajstić information content (AvgIpc) is 3.09. The first-order valence-electron chi connectivity index (χ1n) is 5.66. The van der Waals surface area contributed by atoms with E-state index in [1.807, 2.05) is 0 Å². The number of rotatable bonds is 2. The first-order valence-corrected chi connectivity index (χ1v) is 5.66. The number of hydrogen-bond acceptors (Lipinski definition) is 6. The number of carbonyl (C=O) groups is 1. The van der Waals surface area contributed by atoms with Crippen molar-refractivity contribution in [3.05, 3.63) is 36.5 Å². The molecule has 0 unspecified atom stereocenters. The first-order chi connectivity index (χ1) is 8.84. The summed E-state index contributed by atoms with van der Waals surface area (Å²) in [6.45, 7) is 1.27. The van der Waals surface area contributed by atoms with E-state index in [0.29, 0.717) is 24.6 Å². The van der Waals surface area contributed by atoms with E-state index < -0.39 is 0 Å². The molecule has 0 spiro atoms. The Morgan fingerprint density at radius 2 is 2.33 bits per heavy atom. The van der Waals surface area contributed by atoms with Gasteiger partial charge in [0.05, 0.1) is 6.20 Å². The molecule has 7 heteroatoms. The number of hydrogen-bond donors (Lipinski definition) is 0. The molecule has 1 saturated heterocycles. The molecule has 0 aliphatic carbocycles. The van der Waals surface area contributed by atoms with E-state index in [4.69, 9.17) is 4.52 Å². The lowest BCUT2D eigenvalue weighted by atomic mass is 10.1. The van der Waals surface area contributed by atoms with Crippen LogP contribution >= 0.6 is 0 Å². The molecular formula is C11H11N5O2. The molecule has 92 valence electrons. The summed E-state index contributed by atoms with van der Waals surface area (Å²) in [7, 11) is 0. The third-order valence-corrected chi connectivity index (χ3v) is 3.00. The summed E-state index contributed by atoms with van der Waals surface area (Å²) < 4.78 is 4.72. The van der Waals surface area contributed by atoms with Gasteiger partial charge in [-0.15, -0.1) is 0 Å². The molecule has 7 nitrogen and oxygen atoms in total. The third kappa shape index (κ3) is 1.94. The molecule has 3 heterocycles. The topological polar surface area (TPSA) is 85.0 Å². The predicted molar refractivity (Wildman–Crippen MR) is 59.6 cm³/mol. The van der Waals surface area contributed by atoms with Crippen molar-refractivity contribution in [1.82, 2.24) is 25.0 Å². The van der Waals surface area contributed by atoms with Crippen molar-refractivity contribution in [2.45, 2.75) is 12.3 Å². The van der Waals surface area contributed by atoms with E-state index in [1.54, 1.807) is 11.1 Å². The van der Waals surface area contributed by atoms with Crippen LogP contribution in [0, 0.1) is 0 Å². The summed E-state index contributed by atoms with van der Waals surface area (Å²) in [5.74, 6) is 0.697. The van der Waals surface area contributed by atoms with Gasteiger partial charge in [0.2, 0.25) is 6.39 Å². The van der Waals surface area contributed by atoms with Gasteiger partial charge < -0.3 is 9.42 Å². The quantitative estimate of drug-likeness (QED) is 0.765. The van der Waals surface area contributed by atoms with E-state index in [2.05, 4.69) is 20.1 Å². The van der Waals surface area contributed by atoms with Gasteiger partial charge in [0.1, 0.15) is 5.69 Å². The fourth-order valence-corrected chi connectivity index (χ4v) is 2.09. The fraction of sp³-hybridized carbons (Fsp3) is 0.364. The average molecular weight is 245 g/mol. The van der Waals surface area contributed by atoms with Gasteiger partial charge in [0.25, 0.3) is 5.91 Å². The highest BCUT2D eigenvalue weighted by atomic mass is 16.5. The molecular weight excluding hydrogens is 234 g/mol. The maximum atomic E-state index is 12.1. The molecule has 1 fully saturated rings. The second-order valence-electron chi connectivity index (χ2n) is 4.12. The summed E-state index contributed by atoms with van der Waals surface area (Å²) in [6.07, 6.45) is 6.68. The van der Waals surface area contributed by atoms with Gasteiger partial charge in [0, 0.05) is 31.4 Å². The van der Waals surface area contributed by atoms with E-state index in [9.17, 15) is 4.79 Å². The Labute approximate surface area is 103 Å². The lowest BCUT2D eigenvalue weighted by molar-refractivity contribution is 0.0784. The lowest BCUT2D eigenvalue weighted by Gasteiger charge is -2.14. The molecule has 0 N–H and O–H groups in total. The number of aromatic nitrogens is 4. The van der Waals surface area contributed by atoms with Crippen molar-refractivity contribution < 1.29 is 9.32 Å². The van der Waals surface area contributed by atoms with Crippen LogP contribution in [-0.4, -0.2) is 44.0 Å². The normalized spacial score (nSPS) is 19.1. The Kier molecular flexibility index (Phi) is 2.71. The Morgan fingerprint density at radius 1 is 1.39 bits per heavy atom. The number of nitrogens with zero attached hydrogens (tertiary/aromatic N) is 5. The van der Waals surface area contributed by atoms with E-state index in [0.717, 1.165) is 6.42 Å². The molecule has 3 rings (SSSR count). The second kappa shape index (κ2) is 4.52. The van der Waals surface area contributed by atoms with Crippen LogP contribution in [0.25, 0.3) is 0 Å². The Balaban J connectivity index is 1.71. The van der Waals surface area contributed by atoms with Crippen LogP contribution < -0.4 is 0 Å². The van der Waals surface area contributed by atoms with Crippen LogP contribution in [0.5, 0.6) is 0 Å². The van der Waals surface area contributed by atoms with E-state index in [1.165, 1.54) is 18.8 Å². The maximum Gasteiger partial charge on any atom is 0.274 e. The summed E-state index contributed by atoms with van der Waals surface area (Å²) in [5, 5.41) is 3.81. The zero-order chi connectivity index (χ0) is 12.4. The summed E-state index contributed by atoms with van der Waals surface area (Å²) in [5.41, 5.74) is 0.367. The van der Waals surface area contributed by atoms with Crippen molar-refractivity contribution in [2.75, 3.05) is 13.1 Å². The molecule has 0 aromatic carbocycles. The first kappa shape index (κ1) is 10.8. The summed E-state index contributed by atoms with van der Waals surface area (Å²) in [4.78, 5) is 25.8. The minimum Gasteiger partial charge on any atom is -0.343 e. The van der Waals surface area contributed by atoms with Gasteiger partial charge in [0.15, 0.2) is 5.82 Å². The third-order valence-electron chi connectivity index (χ3n) is 3.00. The predicted octanol–water partition coefficient (Wildman–Crippen LogP) is 0.489. The molecule has 0 radical (unpaired) electrons. The highest BCUT2D eigenvalue weighted by molar-refractivity contribution is 5.92. The highest BCUT2D eigenvalue weighted by Crippen LogP contribution is 2.25. The van der Waals surface area contributed by atoms with Crippen LogP contribution in [0.1, 0.15) is 28.7 Å². The van der Waals surface area contributed by atoms with Crippen LogP contribution in [0.3, 0.4) is 0 Å². The zero-order valence-electron chi connectivity index (χ0n) is 9.56. The zero-order valence-corrected chi connectivity index (χ0v) is 9.56. The smallest absolute Gasteiger partial charge is 0.274 e. The van der Waals surface area contributed by atoms with Gasteiger partial charge in [-0.1, -0.05) is 5.16 Å². The molecule has 0 bridgehead atoms. The monoisotopic (exact) mass is 245 g/mol. The van der Waals surface area contributed by atoms with Crippen LogP contribution in [0.15, 0.2) is 29.5 Å². The summed E-state index contributed by atoms with van der Waals surface area (Å²) in [6, 6.07) is 0. The van der Waals surface area contributed by atoms with Crippen molar-refractivity contribution in [2.24, 2.45) is 0 Å². The Hall–Kier alpha value is -2.31. The van der Waals surface area contributed by atoms with Crippen LogP contribution in [0.4, 0.5) is 0 Å². The Morgan fingerprint density at radius 3 is 3.06 bits per heavy atom. The highest BCUT2D eigenvalue weighted by Gasteiger charge is 2.30. The molecule has 0 saturated carbocycles.